The predicted octanol–water partition coefficient (Wildman–Crippen LogP) is 1.16. The molecule has 4 heteroatoms. The Hall–Kier alpha value is -1.86. The zero-order valence-electron chi connectivity index (χ0n) is 9.47. The topological polar surface area (TPSA) is 64.3 Å². The quantitative estimate of drug-likeness (QED) is 0.787. The number of hydrogen-bond donors (Lipinski definition) is 1. The maximum atomic E-state index is 12.1. The number of carbonyl (C=O) groups excluding carboxylic acids is 1. The number of nitriles is 1. The molecule has 1 N–H and O–H groups in total. The number of carbonyl (C=O) groups is 1. The van der Waals surface area contributed by atoms with Crippen LogP contribution in [-0.4, -0.2) is 35.1 Å². The first-order chi connectivity index (χ1) is 8.20. The van der Waals surface area contributed by atoms with E-state index >= 15 is 0 Å². The van der Waals surface area contributed by atoms with Gasteiger partial charge in [0, 0.05) is 18.7 Å². The average Bonchev–Trinajstić information content (AvgIpc) is 2.39. The van der Waals surface area contributed by atoms with Gasteiger partial charge in [-0.25, -0.2) is 0 Å². The van der Waals surface area contributed by atoms with Gasteiger partial charge in [-0.05, 0) is 31.0 Å². The van der Waals surface area contributed by atoms with Crippen molar-refractivity contribution < 1.29 is 9.90 Å². The first-order valence-corrected chi connectivity index (χ1v) is 5.68. The van der Waals surface area contributed by atoms with Gasteiger partial charge < -0.3 is 10.0 Å². The minimum Gasteiger partial charge on any atom is -0.393 e. The van der Waals surface area contributed by atoms with Gasteiger partial charge in [0.2, 0.25) is 0 Å². The number of rotatable bonds is 1. The van der Waals surface area contributed by atoms with Gasteiger partial charge in [0.25, 0.3) is 5.91 Å². The molecular formula is C13H14N2O2. The third kappa shape index (κ3) is 2.63. The largest absolute Gasteiger partial charge is 0.393 e. The number of hydrogen-bond acceptors (Lipinski definition) is 3. The van der Waals surface area contributed by atoms with Crippen LogP contribution in [0.15, 0.2) is 24.3 Å². The Morgan fingerprint density at radius 2 is 2.12 bits per heavy atom. The highest BCUT2D eigenvalue weighted by Gasteiger charge is 2.22. The Labute approximate surface area is 100 Å². The summed E-state index contributed by atoms with van der Waals surface area (Å²) in [7, 11) is 0. The summed E-state index contributed by atoms with van der Waals surface area (Å²) in [6.45, 7) is 1.16. The van der Waals surface area contributed by atoms with Gasteiger partial charge in [-0.2, -0.15) is 5.26 Å². The molecule has 4 nitrogen and oxygen atoms in total. The number of aliphatic hydroxyl groups excluding tert-OH is 1. The molecule has 0 aliphatic carbocycles. The molecule has 1 saturated heterocycles. The van der Waals surface area contributed by atoms with Gasteiger partial charge in [-0.3, -0.25) is 4.79 Å². The molecule has 0 unspecified atom stereocenters. The molecule has 1 amide bonds. The van der Waals surface area contributed by atoms with Gasteiger partial charge in [-0.1, -0.05) is 6.07 Å². The predicted molar refractivity (Wildman–Crippen MR) is 62.3 cm³/mol. The van der Waals surface area contributed by atoms with Crippen LogP contribution in [0.1, 0.15) is 28.8 Å². The highest BCUT2D eigenvalue weighted by atomic mass is 16.3. The monoisotopic (exact) mass is 230 g/mol. The highest BCUT2D eigenvalue weighted by molar-refractivity contribution is 5.94. The summed E-state index contributed by atoms with van der Waals surface area (Å²) in [5, 5.41) is 18.2. The summed E-state index contributed by atoms with van der Waals surface area (Å²) < 4.78 is 0. The molecular weight excluding hydrogens is 216 g/mol. The molecule has 1 aliphatic rings. The van der Waals surface area contributed by atoms with Crippen molar-refractivity contribution >= 4 is 5.91 Å². The summed E-state index contributed by atoms with van der Waals surface area (Å²) in [6.07, 6.45) is 0.970. The molecule has 0 radical (unpaired) electrons. The molecule has 1 aliphatic heterocycles. The second kappa shape index (κ2) is 4.98. The van der Waals surface area contributed by atoms with Crippen LogP contribution >= 0.6 is 0 Å². The Morgan fingerprint density at radius 1 is 1.41 bits per heavy atom. The number of piperidine rings is 1. The van der Waals surface area contributed by atoms with Crippen LogP contribution in [0, 0.1) is 11.3 Å². The zero-order valence-corrected chi connectivity index (χ0v) is 9.47. The van der Waals surface area contributed by atoms with Crippen molar-refractivity contribution in [1.29, 1.82) is 5.26 Å². The fourth-order valence-electron chi connectivity index (χ4n) is 1.97. The third-order valence-corrected chi connectivity index (χ3v) is 2.99. The molecule has 0 atom stereocenters. The Kier molecular flexibility index (Phi) is 3.40. The Balaban J connectivity index is 2.11. The summed E-state index contributed by atoms with van der Waals surface area (Å²) in [4.78, 5) is 13.8. The van der Waals surface area contributed by atoms with E-state index in [4.69, 9.17) is 5.26 Å². The van der Waals surface area contributed by atoms with Crippen molar-refractivity contribution in [1.82, 2.24) is 4.90 Å². The lowest BCUT2D eigenvalue weighted by atomic mass is 10.1. The van der Waals surface area contributed by atoms with Crippen LogP contribution in [0.2, 0.25) is 0 Å². The number of aliphatic hydroxyl groups is 1. The second-order valence-corrected chi connectivity index (χ2v) is 4.22. The SMILES string of the molecule is N#Cc1cccc(C(=O)N2CCC(O)CC2)c1. The highest BCUT2D eigenvalue weighted by Crippen LogP contribution is 2.14. The van der Waals surface area contributed by atoms with Crippen LogP contribution in [0.5, 0.6) is 0 Å². The van der Waals surface area contributed by atoms with E-state index in [9.17, 15) is 9.90 Å². The summed E-state index contributed by atoms with van der Waals surface area (Å²) in [5.41, 5.74) is 1.04. The molecule has 0 spiro atoms. The molecule has 1 heterocycles. The minimum absolute atomic E-state index is 0.0611. The van der Waals surface area contributed by atoms with Crippen molar-refractivity contribution in [3.8, 4) is 6.07 Å². The van der Waals surface area contributed by atoms with E-state index in [0.717, 1.165) is 0 Å². The van der Waals surface area contributed by atoms with Gasteiger partial charge >= 0.3 is 0 Å². The van der Waals surface area contributed by atoms with Crippen molar-refractivity contribution in [3.05, 3.63) is 35.4 Å². The first-order valence-electron chi connectivity index (χ1n) is 5.68. The maximum absolute atomic E-state index is 12.1. The molecule has 1 aromatic carbocycles. The van der Waals surface area contributed by atoms with Crippen molar-refractivity contribution in [2.24, 2.45) is 0 Å². The molecule has 0 bridgehead atoms. The smallest absolute Gasteiger partial charge is 0.253 e. The number of benzene rings is 1. The van der Waals surface area contributed by atoms with Crippen LogP contribution < -0.4 is 0 Å². The lowest BCUT2D eigenvalue weighted by Gasteiger charge is -2.29. The fourth-order valence-corrected chi connectivity index (χ4v) is 1.97. The number of amides is 1. The summed E-state index contributed by atoms with van der Waals surface area (Å²) >= 11 is 0. The van der Waals surface area contributed by atoms with E-state index in [1.807, 2.05) is 6.07 Å². The number of likely N-dealkylation sites (tertiary alicyclic amines) is 1. The normalized spacial score (nSPS) is 16.6. The van der Waals surface area contributed by atoms with Crippen molar-refractivity contribution in [2.75, 3.05) is 13.1 Å². The Morgan fingerprint density at radius 3 is 2.76 bits per heavy atom. The van der Waals surface area contributed by atoms with Gasteiger partial charge in [0.05, 0.1) is 17.7 Å². The summed E-state index contributed by atoms with van der Waals surface area (Å²) in [5.74, 6) is -0.0611. The maximum Gasteiger partial charge on any atom is 0.253 e. The van der Waals surface area contributed by atoms with E-state index in [2.05, 4.69) is 0 Å². The molecule has 1 fully saturated rings. The van der Waals surface area contributed by atoms with E-state index in [0.29, 0.717) is 37.1 Å². The fraction of sp³-hybridized carbons (Fsp3) is 0.385. The molecule has 0 aromatic heterocycles. The molecule has 88 valence electrons. The van der Waals surface area contributed by atoms with Crippen LogP contribution in [0.25, 0.3) is 0 Å². The lowest BCUT2D eigenvalue weighted by molar-refractivity contribution is 0.0546. The molecule has 0 saturated carbocycles. The minimum atomic E-state index is -0.288. The van der Waals surface area contributed by atoms with Crippen LogP contribution in [-0.2, 0) is 0 Å². The van der Waals surface area contributed by atoms with E-state index in [1.165, 1.54) is 0 Å². The van der Waals surface area contributed by atoms with Crippen molar-refractivity contribution in [2.45, 2.75) is 18.9 Å². The van der Waals surface area contributed by atoms with E-state index < -0.39 is 0 Å². The average molecular weight is 230 g/mol. The molecule has 1 aromatic rings. The van der Waals surface area contributed by atoms with E-state index in [-0.39, 0.29) is 12.0 Å². The summed E-state index contributed by atoms with van der Waals surface area (Å²) in [6, 6.07) is 8.73. The number of nitrogens with zero attached hydrogens (tertiary/aromatic N) is 2. The zero-order chi connectivity index (χ0) is 12.3. The standard InChI is InChI=1S/C13H14N2O2/c14-9-10-2-1-3-11(8-10)13(17)15-6-4-12(16)5-7-15/h1-3,8,12,16H,4-7H2. The van der Waals surface area contributed by atoms with Gasteiger partial charge in [0.15, 0.2) is 0 Å². The lowest BCUT2D eigenvalue weighted by Crippen LogP contribution is -2.40. The van der Waals surface area contributed by atoms with Crippen LogP contribution in [0.3, 0.4) is 0 Å². The second-order valence-electron chi connectivity index (χ2n) is 4.22. The molecule has 17 heavy (non-hydrogen) atoms. The van der Waals surface area contributed by atoms with E-state index in [1.54, 1.807) is 29.2 Å². The third-order valence-electron chi connectivity index (χ3n) is 2.99. The van der Waals surface area contributed by atoms with Gasteiger partial charge in [-0.15, -0.1) is 0 Å². The van der Waals surface area contributed by atoms with Crippen LogP contribution in [0.4, 0.5) is 0 Å². The molecule has 2 rings (SSSR count). The van der Waals surface area contributed by atoms with Crippen molar-refractivity contribution in [3.63, 3.8) is 0 Å². The van der Waals surface area contributed by atoms with Gasteiger partial charge in [0.1, 0.15) is 0 Å². The first kappa shape index (κ1) is 11.6. The Bertz CT molecular complexity index is 457.